The van der Waals surface area contributed by atoms with Crippen LogP contribution in [0.15, 0.2) is 34.9 Å². The third kappa shape index (κ3) is 4.91. The zero-order valence-electron chi connectivity index (χ0n) is 12.4. The minimum absolute atomic E-state index is 0.342. The molecular formula is C15H21BrN4O. The molecule has 0 saturated carbocycles. The average molecular weight is 353 g/mol. The first-order valence-electron chi connectivity index (χ1n) is 7.00. The smallest absolute Gasteiger partial charge is 0.0833 e. The summed E-state index contributed by atoms with van der Waals surface area (Å²) in [6.07, 6.45) is 2.83. The average Bonchev–Trinajstić information content (AvgIpc) is 2.88. The Morgan fingerprint density at radius 1 is 1.38 bits per heavy atom. The molecule has 0 fully saturated rings. The second-order valence-corrected chi connectivity index (χ2v) is 5.86. The van der Waals surface area contributed by atoms with Crippen molar-refractivity contribution in [2.75, 3.05) is 26.8 Å². The Kier molecular flexibility index (Phi) is 6.35. The van der Waals surface area contributed by atoms with Crippen LogP contribution in [0.5, 0.6) is 0 Å². The van der Waals surface area contributed by atoms with Crippen molar-refractivity contribution in [3.8, 4) is 0 Å². The topological polar surface area (TPSA) is 52.0 Å². The van der Waals surface area contributed by atoms with Crippen LogP contribution in [0.25, 0.3) is 0 Å². The molecule has 0 aliphatic carbocycles. The van der Waals surface area contributed by atoms with E-state index in [1.807, 2.05) is 19.3 Å². The number of nitrogens with one attached hydrogen (secondary N) is 1. The number of methoxy groups -OCH3 is 1. The van der Waals surface area contributed by atoms with Crippen LogP contribution in [-0.2, 0) is 18.2 Å². The van der Waals surface area contributed by atoms with Crippen molar-refractivity contribution in [3.05, 3.63) is 46.2 Å². The van der Waals surface area contributed by atoms with Crippen LogP contribution in [0, 0.1) is 0 Å². The van der Waals surface area contributed by atoms with Crippen molar-refractivity contribution < 1.29 is 4.74 Å². The van der Waals surface area contributed by atoms with Gasteiger partial charge in [-0.3, -0.25) is 4.68 Å². The lowest BCUT2D eigenvalue weighted by Crippen LogP contribution is -2.26. The van der Waals surface area contributed by atoms with E-state index in [4.69, 9.17) is 4.74 Å². The van der Waals surface area contributed by atoms with Gasteiger partial charge in [-0.15, -0.1) is 5.10 Å². The first-order chi connectivity index (χ1) is 10.2. The maximum atomic E-state index is 5.08. The monoisotopic (exact) mass is 352 g/mol. The number of aromatic nitrogens is 3. The molecule has 0 aliphatic heterocycles. The van der Waals surface area contributed by atoms with Crippen LogP contribution in [0.3, 0.4) is 0 Å². The summed E-state index contributed by atoms with van der Waals surface area (Å²) in [4.78, 5) is 0. The second-order valence-electron chi connectivity index (χ2n) is 5.00. The predicted octanol–water partition coefficient (Wildman–Crippen LogP) is 2.14. The van der Waals surface area contributed by atoms with Gasteiger partial charge in [0.25, 0.3) is 0 Å². The van der Waals surface area contributed by atoms with E-state index in [1.165, 1.54) is 5.56 Å². The third-order valence-electron chi connectivity index (χ3n) is 3.32. The van der Waals surface area contributed by atoms with E-state index in [0.29, 0.717) is 12.5 Å². The van der Waals surface area contributed by atoms with Crippen LogP contribution >= 0.6 is 15.9 Å². The van der Waals surface area contributed by atoms with Crippen LogP contribution in [0.4, 0.5) is 0 Å². The normalized spacial score (nSPS) is 12.5. The number of rotatable bonds is 8. The summed E-state index contributed by atoms with van der Waals surface area (Å²) in [7, 11) is 3.60. The molecule has 0 saturated heterocycles. The molecule has 0 amide bonds. The molecule has 1 aromatic heterocycles. The lowest BCUT2D eigenvalue weighted by molar-refractivity contribution is 0.199. The molecule has 2 aromatic rings. The van der Waals surface area contributed by atoms with Gasteiger partial charge in [0.2, 0.25) is 0 Å². The molecule has 1 atom stereocenters. The van der Waals surface area contributed by atoms with Gasteiger partial charge in [-0.2, -0.15) is 0 Å². The van der Waals surface area contributed by atoms with Crippen molar-refractivity contribution in [2.45, 2.75) is 12.3 Å². The number of ether oxygens (including phenoxy) is 1. The van der Waals surface area contributed by atoms with Gasteiger partial charge in [0.05, 0.1) is 12.3 Å². The highest BCUT2D eigenvalue weighted by Crippen LogP contribution is 2.26. The summed E-state index contributed by atoms with van der Waals surface area (Å²) < 4.78 is 7.95. The van der Waals surface area contributed by atoms with Crippen molar-refractivity contribution in [1.29, 1.82) is 0 Å². The first kappa shape index (κ1) is 16.1. The maximum absolute atomic E-state index is 5.08. The summed E-state index contributed by atoms with van der Waals surface area (Å²) in [6.45, 7) is 2.44. The molecule has 5 nitrogen and oxygen atoms in total. The molecule has 0 bridgehead atoms. The molecule has 114 valence electrons. The Hall–Kier alpha value is -1.24. The van der Waals surface area contributed by atoms with Crippen molar-refractivity contribution in [3.63, 3.8) is 0 Å². The summed E-state index contributed by atoms with van der Waals surface area (Å²) in [5.74, 6) is 0.342. The fourth-order valence-corrected chi connectivity index (χ4v) is 2.90. The number of halogens is 1. The lowest BCUT2D eigenvalue weighted by Gasteiger charge is -2.18. The van der Waals surface area contributed by atoms with E-state index in [9.17, 15) is 0 Å². The van der Waals surface area contributed by atoms with Gasteiger partial charge in [-0.05, 0) is 11.6 Å². The van der Waals surface area contributed by atoms with E-state index >= 15 is 0 Å². The van der Waals surface area contributed by atoms with Crippen molar-refractivity contribution in [2.24, 2.45) is 7.05 Å². The van der Waals surface area contributed by atoms with E-state index in [0.717, 1.165) is 29.7 Å². The maximum Gasteiger partial charge on any atom is 0.0833 e. The Balaban J connectivity index is 2.08. The van der Waals surface area contributed by atoms with Crippen molar-refractivity contribution in [1.82, 2.24) is 20.3 Å². The first-order valence-corrected chi connectivity index (χ1v) is 7.79. The zero-order chi connectivity index (χ0) is 15.1. The molecule has 6 heteroatoms. The predicted molar refractivity (Wildman–Crippen MR) is 86.3 cm³/mol. The zero-order valence-corrected chi connectivity index (χ0v) is 14.0. The third-order valence-corrected chi connectivity index (χ3v) is 4.05. The van der Waals surface area contributed by atoms with Crippen LogP contribution in [0.1, 0.15) is 17.2 Å². The fourth-order valence-electron chi connectivity index (χ4n) is 2.29. The molecule has 21 heavy (non-hydrogen) atoms. The minimum Gasteiger partial charge on any atom is -0.383 e. The largest absolute Gasteiger partial charge is 0.383 e. The molecule has 0 aliphatic rings. The number of hydrogen-bond acceptors (Lipinski definition) is 4. The minimum atomic E-state index is 0.342. The molecule has 1 heterocycles. The molecule has 1 N–H and O–H groups in total. The van der Waals surface area contributed by atoms with E-state index in [1.54, 1.807) is 11.8 Å². The number of hydrogen-bond donors (Lipinski definition) is 1. The Bertz CT molecular complexity index is 558. The summed E-state index contributed by atoms with van der Waals surface area (Å²) in [6, 6.07) is 8.33. The Morgan fingerprint density at radius 2 is 2.19 bits per heavy atom. The molecule has 0 radical (unpaired) electrons. The molecular weight excluding hydrogens is 332 g/mol. The summed E-state index contributed by atoms with van der Waals surface area (Å²) in [5, 5.41) is 11.6. The highest BCUT2D eigenvalue weighted by Gasteiger charge is 2.16. The Labute approximate surface area is 133 Å². The van der Waals surface area contributed by atoms with E-state index in [2.05, 4.69) is 49.8 Å². The SMILES string of the molecule is COCCNCC(Cc1cn(C)nn1)c1ccccc1Br. The van der Waals surface area contributed by atoms with Gasteiger partial charge in [0.15, 0.2) is 0 Å². The molecule has 1 aromatic carbocycles. The molecule has 2 rings (SSSR count). The molecule has 0 spiro atoms. The highest BCUT2D eigenvalue weighted by atomic mass is 79.9. The van der Waals surface area contributed by atoms with Gasteiger partial charge >= 0.3 is 0 Å². The standard InChI is InChI=1S/C15H21BrN4O/c1-20-11-13(18-19-20)9-12(10-17-7-8-21-2)14-5-3-4-6-15(14)16/h3-6,11-12,17H,7-10H2,1-2H3. The van der Waals surface area contributed by atoms with Crippen LogP contribution in [-0.4, -0.2) is 41.8 Å². The van der Waals surface area contributed by atoms with Crippen LogP contribution in [0.2, 0.25) is 0 Å². The quantitative estimate of drug-likeness (QED) is 0.739. The van der Waals surface area contributed by atoms with Gasteiger partial charge in [-0.25, -0.2) is 0 Å². The van der Waals surface area contributed by atoms with Gasteiger partial charge in [0.1, 0.15) is 0 Å². The highest BCUT2D eigenvalue weighted by molar-refractivity contribution is 9.10. The van der Waals surface area contributed by atoms with E-state index < -0.39 is 0 Å². The van der Waals surface area contributed by atoms with E-state index in [-0.39, 0.29) is 0 Å². The summed E-state index contributed by atoms with van der Waals surface area (Å²) in [5.41, 5.74) is 2.29. The second kappa shape index (κ2) is 8.26. The fraction of sp³-hybridized carbons (Fsp3) is 0.467. The van der Waals surface area contributed by atoms with Crippen molar-refractivity contribution >= 4 is 15.9 Å². The van der Waals surface area contributed by atoms with Gasteiger partial charge in [0, 0.05) is 50.3 Å². The number of aryl methyl sites for hydroxylation is 1. The van der Waals surface area contributed by atoms with Crippen LogP contribution < -0.4 is 5.32 Å². The van der Waals surface area contributed by atoms with Gasteiger partial charge < -0.3 is 10.1 Å². The molecule has 1 unspecified atom stereocenters. The number of nitrogens with zero attached hydrogens (tertiary/aromatic N) is 3. The Morgan fingerprint density at radius 3 is 2.86 bits per heavy atom. The van der Waals surface area contributed by atoms with Gasteiger partial charge in [-0.1, -0.05) is 39.3 Å². The number of benzene rings is 1. The summed E-state index contributed by atoms with van der Waals surface area (Å²) >= 11 is 3.64. The lowest BCUT2D eigenvalue weighted by atomic mass is 9.94.